The Bertz CT molecular complexity index is 417. The predicted octanol–water partition coefficient (Wildman–Crippen LogP) is -2.26. The van der Waals surface area contributed by atoms with Crippen molar-refractivity contribution in [2.24, 2.45) is 0 Å². The van der Waals surface area contributed by atoms with Crippen molar-refractivity contribution < 1.29 is 42.5 Å². The van der Waals surface area contributed by atoms with Crippen molar-refractivity contribution in [2.45, 2.75) is 18.2 Å². The summed E-state index contributed by atoms with van der Waals surface area (Å²) >= 11 is 0. The Hall–Kier alpha value is -0.0700. The van der Waals surface area contributed by atoms with E-state index in [1.807, 2.05) is 6.92 Å². The van der Waals surface area contributed by atoms with E-state index < -0.39 is 10.1 Å². The SMILES string of the molecule is CCc1cc(S(=O)(=O)[O-])ccc1N.[Na+]. The fourth-order valence-corrected chi connectivity index (χ4v) is 1.57. The van der Waals surface area contributed by atoms with Crippen LogP contribution in [0.3, 0.4) is 0 Å². The molecule has 1 rings (SSSR count). The molecule has 0 aliphatic rings. The molecular weight excluding hydrogens is 213 g/mol. The fourth-order valence-electron chi connectivity index (χ4n) is 1.04. The van der Waals surface area contributed by atoms with Gasteiger partial charge in [0.15, 0.2) is 0 Å². The zero-order valence-electron chi connectivity index (χ0n) is 8.15. The van der Waals surface area contributed by atoms with Crippen molar-refractivity contribution in [3.63, 3.8) is 0 Å². The Morgan fingerprint density at radius 2 is 2.00 bits per heavy atom. The van der Waals surface area contributed by atoms with Crippen LogP contribution in [0.1, 0.15) is 12.5 Å². The molecule has 2 N–H and O–H groups in total. The first-order chi connectivity index (χ1) is 5.95. The summed E-state index contributed by atoms with van der Waals surface area (Å²) in [7, 11) is -4.36. The third-order valence-electron chi connectivity index (χ3n) is 1.78. The Labute approximate surface area is 106 Å². The van der Waals surface area contributed by atoms with E-state index >= 15 is 0 Å². The maximum Gasteiger partial charge on any atom is 1.00 e. The molecule has 0 saturated heterocycles. The Morgan fingerprint density at radius 3 is 2.43 bits per heavy atom. The number of aryl methyl sites for hydroxylation is 1. The van der Waals surface area contributed by atoms with Gasteiger partial charge >= 0.3 is 29.6 Å². The molecule has 0 saturated carbocycles. The summed E-state index contributed by atoms with van der Waals surface area (Å²) in [6.07, 6.45) is 0.606. The zero-order valence-corrected chi connectivity index (χ0v) is 11.0. The molecule has 0 radical (unpaired) electrons. The summed E-state index contributed by atoms with van der Waals surface area (Å²) < 4.78 is 31.8. The average molecular weight is 223 g/mol. The fraction of sp³-hybridized carbons (Fsp3) is 0.250. The standard InChI is InChI=1S/C8H11NO3S.Na/c1-2-6-5-7(13(10,11)12)3-4-8(6)9;/h3-5H,2,9H2,1H3,(H,10,11,12);/q;+1/p-1. The van der Waals surface area contributed by atoms with Gasteiger partial charge in [-0.1, -0.05) is 6.92 Å². The van der Waals surface area contributed by atoms with E-state index in [2.05, 4.69) is 0 Å². The van der Waals surface area contributed by atoms with Crippen LogP contribution in [-0.2, 0) is 16.5 Å². The third kappa shape index (κ3) is 3.25. The van der Waals surface area contributed by atoms with Crippen LogP contribution in [0.5, 0.6) is 0 Å². The van der Waals surface area contributed by atoms with Gasteiger partial charge in [-0.2, -0.15) is 0 Å². The van der Waals surface area contributed by atoms with Crippen LogP contribution in [0.2, 0.25) is 0 Å². The largest absolute Gasteiger partial charge is 1.00 e. The van der Waals surface area contributed by atoms with Crippen LogP contribution in [0.25, 0.3) is 0 Å². The molecule has 1 aromatic carbocycles. The van der Waals surface area contributed by atoms with Crippen LogP contribution in [0.15, 0.2) is 23.1 Å². The van der Waals surface area contributed by atoms with E-state index in [4.69, 9.17) is 5.73 Å². The van der Waals surface area contributed by atoms with Crippen molar-refractivity contribution in [2.75, 3.05) is 5.73 Å². The second kappa shape index (κ2) is 5.14. The Kier molecular flexibility index (Phi) is 5.11. The molecule has 0 aliphatic carbocycles. The van der Waals surface area contributed by atoms with Gasteiger partial charge in [0.2, 0.25) is 0 Å². The van der Waals surface area contributed by atoms with E-state index in [0.29, 0.717) is 17.7 Å². The number of benzene rings is 1. The van der Waals surface area contributed by atoms with Gasteiger partial charge in [-0.25, -0.2) is 8.42 Å². The van der Waals surface area contributed by atoms with E-state index in [1.54, 1.807) is 0 Å². The first-order valence-electron chi connectivity index (χ1n) is 3.79. The van der Waals surface area contributed by atoms with Gasteiger partial charge in [0, 0.05) is 5.69 Å². The molecule has 0 spiro atoms. The summed E-state index contributed by atoms with van der Waals surface area (Å²) in [6.45, 7) is 1.84. The maximum atomic E-state index is 10.6. The van der Waals surface area contributed by atoms with E-state index in [-0.39, 0.29) is 34.5 Å². The van der Waals surface area contributed by atoms with Crippen LogP contribution in [0.4, 0.5) is 5.69 Å². The summed E-state index contributed by atoms with van der Waals surface area (Å²) in [4.78, 5) is -0.224. The van der Waals surface area contributed by atoms with Crippen molar-refractivity contribution in [1.82, 2.24) is 0 Å². The second-order valence-corrected chi connectivity index (χ2v) is 4.05. The van der Waals surface area contributed by atoms with Gasteiger partial charge in [-0.3, -0.25) is 0 Å². The molecule has 1 aromatic rings. The van der Waals surface area contributed by atoms with Gasteiger partial charge in [0.25, 0.3) is 0 Å². The molecule has 14 heavy (non-hydrogen) atoms. The minimum absolute atomic E-state index is 0. The molecule has 0 atom stereocenters. The van der Waals surface area contributed by atoms with Crippen LogP contribution in [0, 0.1) is 0 Å². The minimum atomic E-state index is -4.36. The quantitative estimate of drug-likeness (QED) is 0.348. The summed E-state index contributed by atoms with van der Waals surface area (Å²) in [5, 5.41) is 0. The number of nitrogens with two attached hydrogens (primary N) is 1. The van der Waals surface area contributed by atoms with Gasteiger partial charge in [0.05, 0.1) is 4.90 Å². The van der Waals surface area contributed by atoms with Gasteiger partial charge in [0.1, 0.15) is 10.1 Å². The summed E-state index contributed by atoms with van der Waals surface area (Å²) in [5.74, 6) is 0. The van der Waals surface area contributed by atoms with Gasteiger partial charge in [-0.15, -0.1) is 0 Å². The number of rotatable bonds is 2. The number of anilines is 1. The summed E-state index contributed by atoms with van der Waals surface area (Å²) in [6, 6.07) is 3.97. The van der Waals surface area contributed by atoms with Gasteiger partial charge < -0.3 is 10.3 Å². The van der Waals surface area contributed by atoms with Crippen molar-refractivity contribution in [3.05, 3.63) is 23.8 Å². The van der Waals surface area contributed by atoms with Crippen molar-refractivity contribution in [1.29, 1.82) is 0 Å². The molecule has 0 aliphatic heterocycles. The predicted molar refractivity (Wildman–Crippen MR) is 48.2 cm³/mol. The molecular formula is C8H10NNaO3S. The summed E-state index contributed by atoms with van der Waals surface area (Å²) in [5.41, 5.74) is 6.73. The van der Waals surface area contributed by atoms with E-state index in [0.717, 1.165) is 0 Å². The van der Waals surface area contributed by atoms with Crippen LogP contribution >= 0.6 is 0 Å². The number of nitrogen functional groups attached to an aromatic ring is 1. The van der Waals surface area contributed by atoms with E-state index in [1.165, 1.54) is 18.2 Å². The minimum Gasteiger partial charge on any atom is -0.744 e. The van der Waals surface area contributed by atoms with Crippen LogP contribution in [-0.4, -0.2) is 13.0 Å². The molecule has 4 nitrogen and oxygen atoms in total. The molecule has 0 unspecified atom stereocenters. The Morgan fingerprint density at radius 1 is 1.43 bits per heavy atom. The zero-order chi connectivity index (χ0) is 10.1. The molecule has 0 heterocycles. The Balaban J connectivity index is 0.00000169. The monoisotopic (exact) mass is 223 g/mol. The number of hydrogen-bond donors (Lipinski definition) is 1. The molecule has 0 aromatic heterocycles. The molecule has 72 valence electrons. The van der Waals surface area contributed by atoms with Crippen molar-refractivity contribution >= 4 is 15.8 Å². The van der Waals surface area contributed by atoms with Crippen LogP contribution < -0.4 is 35.3 Å². The normalized spacial score (nSPS) is 10.7. The van der Waals surface area contributed by atoms with Gasteiger partial charge in [-0.05, 0) is 30.2 Å². The van der Waals surface area contributed by atoms with Crippen molar-refractivity contribution in [3.8, 4) is 0 Å². The topological polar surface area (TPSA) is 83.2 Å². The molecule has 0 bridgehead atoms. The third-order valence-corrected chi connectivity index (χ3v) is 2.62. The molecule has 6 heteroatoms. The first kappa shape index (κ1) is 13.9. The average Bonchev–Trinajstić information content (AvgIpc) is 2.03. The molecule has 0 amide bonds. The number of hydrogen-bond acceptors (Lipinski definition) is 4. The maximum absolute atomic E-state index is 10.6. The second-order valence-electron chi connectivity index (χ2n) is 2.67. The smallest absolute Gasteiger partial charge is 0.744 e. The van der Waals surface area contributed by atoms with E-state index in [9.17, 15) is 13.0 Å². The first-order valence-corrected chi connectivity index (χ1v) is 5.20. The molecule has 0 fully saturated rings.